The minimum atomic E-state index is -3.51. The number of rotatable bonds is 3. The van der Waals surface area contributed by atoms with E-state index in [1.807, 2.05) is 11.9 Å². The molecule has 2 aliphatic heterocycles. The summed E-state index contributed by atoms with van der Waals surface area (Å²) in [7, 11) is -1.52. The number of nitrogens with zero attached hydrogens (tertiary/aromatic N) is 6. The predicted octanol–water partition coefficient (Wildman–Crippen LogP) is 1.17. The Labute approximate surface area is 176 Å². The molecule has 1 aromatic carbocycles. The molecule has 2 saturated heterocycles. The SMILES string of the molecule is Cc1cc(F)cc2c(N3CCN(S(=O)(=O)N4CCN(C)CC4)CC3)c(C#N)cnc12. The molecule has 0 aliphatic carbocycles. The Hall–Kier alpha value is -2.32. The first-order chi connectivity index (χ1) is 14.3. The molecule has 0 N–H and O–H groups in total. The number of nitriles is 1. The first kappa shape index (κ1) is 20.9. The van der Waals surface area contributed by atoms with E-state index in [2.05, 4.69) is 16.0 Å². The van der Waals surface area contributed by atoms with Gasteiger partial charge in [0.05, 0.1) is 16.8 Å². The Morgan fingerprint density at radius 2 is 1.63 bits per heavy atom. The predicted molar refractivity (Wildman–Crippen MR) is 113 cm³/mol. The van der Waals surface area contributed by atoms with Crippen molar-refractivity contribution in [2.45, 2.75) is 6.92 Å². The maximum atomic E-state index is 14.1. The average Bonchev–Trinajstić information content (AvgIpc) is 2.73. The number of aryl methyl sites for hydroxylation is 1. The first-order valence-electron chi connectivity index (χ1n) is 9.99. The van der Waals surface area contributed by atoms with E-state index in [0.29, 0.717) is 67.0 Å². The van der Waals surface area contributed by atoms with Crippen LogP contribution in [-0.4, -0.2) is 86.3 Å². The molecular weight excluding hydrogens is 407 g/mol. The van der Waals surface area contributed by atoms with Crippen molar-refractivity contribution in [3.63, 3.8) is 0 Å². The zero-order valence-electron chi connectivity index (χ0n) is 17.2. The standard InChI is InChI=1S/C20H25FN6O2S/c1-15-11-17(21)12-18-19(15)23-14-16(13-22)20(18)25-5-9-27(10-6-25)30(28,29)26-7-3-24(2)4-8-26/h11-12,14H,3-10H2,1-2H3. The number of pyridine rings is 1. The normalized spacial score (nSPS) is 19.9. The van der Waals surface area contributed by atoms with Crippen molar-refractivity contribution in [1.29, 1.82) is 5.26 Å². The molecular formula is C20H25FN6O2S. The van der Waals surface area contributed by atoms with Crippen LogP contribution in [0.2, 0.25) is 0 Å². The number of piperazine rings is 2. The van der Waals surface area contributed by atoms with Gasteiger partial charge in [0.2, 0.25) is 0 Å². The topological polar surface area (TPSA) is 83.8 Å². The molecule has 0 unspecified atom stereocenters. The second-order valence-electron chi connectivity index (χ2n) is 7.85. The molecule has 2 aliphatic rings. The lowest BCUT2D eigenvalue weighted by atomic mass is 10.0. The molecule has 0 spiro atoms. The average molecular weight is 433 g/mol. The van der Waals surface area contributed by atoms with Gasteiger partial charge in [-0.1, -0.05) is 0 Å². The van der Waals surface area contributed by atoms with E-state index >= 15 is 0 Å². The van der Waals surface area contributed by atoms with Gasteiger partial charge in [0.1, 0.15) is 11.9 Å². The maximum absolute atomic E-state index is 14.1. The molecule has 0 saturated carbocycles. The molecule has 10 heteroatoms. The molecule has 0 atom stereocenters. The van der Waals surface area contributed by atoms with E-state index in [0.717, 1.165) is 13.1 Å². The highest BCUT2D eigenvalue weighted by molar-refractivity contribution is 7.86. The quantitative estimate of drug-likeness (QED) is 0.724. The van der Waals surface area contributed by atoms with Crippen LogP contribution in [0.3, 0.4) is 0 Å². The highest BCUT2D eigenvalue weighted by Gasteiger charge is 2.34. The summed E-state index contributed by atoms with van der Waals surface area (Å²) in [5, 5.41) is 10.2. The Morgan fingerprint density at radius 1 is 1.03 bits per heavy atom. The molecule has 8 nitrogen and oxygen atoms in total. The zero-order valence-corrected chi connectivity index (χ0v) is 18.0. The Balaban J connectivity index is 1.59. The second kappa shape index (κ2) is 8.07. The van der Waals surface area contributed by atoms with Gasteiger partial charge in [-0.25, -0.2) is 4.39 Å². The van der Waals surface area contributed by atoms with Crippen LogP contribution in [-0.2, 0) is 10.2 Å². The molecule has 4 rings (SSSR count). The molecule has 2 fully saturated rings. The van der Waals surface area contributed by atoms with Crippen LogP contribution in [0.1, 0.15) is 11.1 Å². The summed E-state index contributed by atoms with van der Waals surface area (Å²) in [6.45, 7) is 5.70. The molecule has 160 valence electrons. The summed E-state index contributed by atoms with van der Waals surface area (Å²) in [6, 6.07) is 4.97. The van der Waals surface area contributed by atoms with Crippen LogP contribution < -0.4 is 4.90 Å². The third-order valence-corrected chi connectivity index (χ3v) is 7.92. The van der Waals surface area contributed by atoms with Gasteiger partial charge < -0.3 is 9.80 Å². The summed E-state index contributed by atoms with van der Waals surface area (Å²) in [5.74, 6) is -0.380. The second-order valence-corrected chi connectivity index (χ2v) is 9.78. The fourth-order valence-corrected chi connectivity index (χ4v) is 5.75. The van der Waals surface area contributed by atoms with Crippen molar-refractivity contribution < 1.29 is 12.8 Å². The van der Waals surface area contributed by atoms with Crippen molar-refractivity contribution in [2.75, 3.05) is 64.3 Å². The van der Waals surface area contributed by atoms with Crippen molar-refractivity contribution in [3.8, 4) is 6.07 Å². The largest absolute Gasteiger partial charge is 0.367 e. The van der Waals surface area contributed by atoms with Gasteiger partial charge in [0, 0.05) is 63.9 Å². The number of aromatic nitrogens is 1. The lowest BCUT2D eigenvalue weighted by Gasteiger charge is -2.40. The van der Waals surface area contributed by atoms with Gasteiger partial charge in [0.25, 0.3) is 10.2 Å². The lowest BCUT2D eigenvalue weighted by Crippen LogP contribution is -2.56. The van der Waals surface area contributed by atoms with Crippen LogP contribution in [0.5, 0.6) is 0 Å². The van der Waals surface area contributed by atoms with E-state index < -0.39 is 10.2 Å². The fraction of sp³-hybridized carbons (Fsp3) is 0.500. The van der Waals surface area contributed by atoms with Gasteiger partial charge in [0.15, 0.2) is 0 Å². The van der Waals surface area contributed by atoms with Gasteiger partial charge in [-0.15, -0.1) is 0 Å². The lowest BCUT2D eigenvalue weighted by molar-refractivity contribution is 0.210. The van der Waals surface area contributed by atoms with E-state index in [1.165, 1.54) is 22.6 Å². The number of halogens is 1. The Kier molecular flexibility index (Phi) is 5.63. The number of likely N-dealkylation sites (N-methyl/N-ethyl adjacent to an activating group) is 1. The van der Waals surface area contributed by atoms with Gasteiger partial charge >= 0.3 is 0 Å². The molecule has 30 heavy (non-hydrogen) atoms. The van der Waals surface area contributed by atoms with E-state index in [4.69, 9.17) is 0 Å². The Morgan fingerprint density at radius 3 is 2.23 bits per heavy atom. The van der Waals surface area contributed by atoms with Crippen molar-refractivity contribution >= 4 is 26.8 Å². The third-order valence-electron chi connectivity index (χ3n) is 5.89. The van der Waals surface area contributed by atoms with E-state index in [1.54, 1.807) is 11.2 Å². The maximum Gasteiger partial charge on any atom is 0.282 e. The van der Waals surface area contributed by atoms with Gasteiger partial charge in [-0.2, -0.15) is 22.3 Å². The monoisotopic (exact) mass is 432 g/mol. The summed E-state index contributed by atoms with van der Waals surface area (Å²) in [5.41, 5.74) is 2.34. The summed E-state index contributed by atoms with van der Waals surface area (Å²) in [6.07, 6.45) is 1.51. The number of hydrogen-bond donors (Lipinski definition) is 0. The highest BCUT2D eigenvalue weighted by atomic mass is 32.2. The zero-order chi connectivity index (χ0) is 21.5. The van der Waals surface area contributed by atoms with Crippen molar-refractivity contribution in [1.82, 2.24) is 18.5 Å². The summed E-state index contributed by atoms with van der Waals surface area (Å²) >= 11 is 0. The third kappa shape index (κ3) is 3.74. The highest BCUT2D eigenvalue weighted by Crippen LogP contribution is 2.32. The molecule has 0 radical (unpaired) electrons. The molecule has 2 aromatic rings. The minimum absolute atomic E-state index is 0.317. The summed E-state index contributed by atoms with van der Waals surface area (Å²) in [4.78, 5) is 8.42. The number of anilines is 1. The molecule has 1 aromatic heterocycles. The number of fused-ring (bicyclic) bond motifs is 1. The van der Waals surface area contributed by atoms with Gasteiger partial charge in [-0.05, 0) is 31.7 Å². The van der Waals surface area contributed by atoms with Crippen molar-refractivity contribution in [3.05, 3.63) is 35.3 Å². The van der Waals surface area contributed by atoms with Crippen LogP contribution >= 0.6 is 0 Å². The minimum Gasteiger partial charge on any atom is -0.367 e. The molecule has 0 amide bonds. The first-order valence-corrected chi connectivity index (χ1v) is 11.4. The van der Waals surface area contributed by atoms with E-state index in [9.17, 15) is 18.1 Å². The smallest absolute Gasteiger partial charge is 0.282 e. The number of benzene rings is 1. The molecule has 3 heterocycles. The number of hydrogen-bond acceptors (Lipinski definition) is 6. The molecule has 0 bridgehead atoms. The van der Waals surface area contributed by atoms with Crippen molar-refractivity contribution in [2.24, 2.45) is 0 Å². The van der Waals surface area contributed by atoms with Crippen LogP contribution in [0.15, 0.2) is 18.3 Å². The van der Waals surface area contributed by atoms with Gasteiger partial charge in [-0.3, -0.25) is 4.98 Å². The van der Waals surface area contributed by atoms with Crippen LogP contribution in [0, 0.1) is 24.1 Å². The Bertz CT molecular complexity index is 1100. The van der Waals surface area contributed by atoms with Crippen LogP contribution in [0.25, 0.3) is 10.9 Å². The van der Waals surface area contributed by atoms with Crippen LogP contribution in [0.4, 0.5) is 10.1 Å². The van der Waals surface area contributed by atoms with E-state index in [-0.39, 0.29) is 5.82 Å². The summed E-state index contributed by atoms with van der Waals surface area (Å²) < 4.78 is 43.2. The fourth-order valence-electron chi connectivity index (χ4n) is 4.17.